The zero-order chi connectivity index (χ0) is 4.12. The summed E-state index contributed by atoms with van der Waals surface area (Å²) in [5.74, 6) is 0. The second-order valence-corrected chi connectivity index (χ2v) is 1.19. The molecule has 0 unspecified atom stereocenters. The molecule has 1 nitrogen and oxygen atoms in total. The van der Waals surface area contributed by atoms with Crippen LogP contribution in [0.15, 0.2) is 11.0 Å². The fraction of sp³-hybridized carbons (Fsp3) is 0. The third kappa shape index (κ3) is 3.95. The van der Waals surface area contributed by atoms with Crippen molar-refractivity contribution in [3.8, 4) is 0 Å². The first kappa shape index (κ1) is 4.95. The molecule has 0 fully saturated rings. The average Bonchev–Trinajstić information content (AvgIpc) is 1.41. The van der Waals surface area contributed by atoms with E-state index in [1.54, 1.807) is 21.4 Å². The Labute approximate surface area is 39.3 Å². The Morgan fingerprint density at radius 2 is 2.20 bits per heavy atom. The average molecular weight is 128 g/mol. The van der Waals surface area contributed by atoms with Crippen molar-refractivity contribution in [2.24, 2.45) is 0 Å². The Bertz CT molecular complexity index is 48.9. The van der Waals surface area contributed by atoms with E-state index >= 15 is 0 Å². The molecular formula is C3H3GeO. The van der Waals surface area contributed by atoms with Gasteiger partial charge in [-0.2, -0.15) is 0 Å². The van der Waals surface area contributed by atoms with Crippen molar-refractivity contribution in [2.75, 3.05) is 0 Å². The van der Waals surface area contributed by atoms with E-state index in [9.17, 15) is 4.79 Å². The molecule has 0 amide bonds. The van der Waals surface area contributed by atoms with Crippen molar-refractivity contribution in [3.05, 3.63) is 11.0 Å². The van der Waals surface area contributed by atoms with Gasteiger partial charge in [0, 0.05) is 0 Å². The van der Waals surface area contributed by atoms with E-state index in [-0.39, 0.29) is 0 Å². The topological polar surface area (TPSA) is 17.1 Å². The Kier molecular flexibility index (Phi) is 3.92. The number of allylic oxidation sites excluding steroid dienone is 1. The minimum atomic E-state index is 0.750. The van der Waals surface area contributed by atoms with E-state index in [2.05, 4.69) is 0 Å². The van der Waals surface area contributed by atoms with Crippen LogP contribution in [0.3, 0.4) is 0 Å². The van der Waals surface area contributed by atoms with Crippen molar-refractivity contribution >= 4 is 22.8 Å². The van der Waals surface area contributed by atoms with Gasteiger partial charge in [-0.05, 0) is 0 Å². The molecule has 25 valence electrons. The third-order valence-corrected chi connectivity index (χ3v) is 0.579. The fourth-order valence-corrected chi connectivity index (χ4v) is 0.204. The summed E-state index contributed by atoms with van der Waals surface area (Å²) in [6.45, 7) is 0. The maximum atomic E-state index is 9.32. The van der Waals surface area contributed by atoms with Crippen LogP contribution in [0, 0.1) is 0 Å². The molecule has 0 aromatic heterocycles. The van der Waals surface area contributed by atoms with E-state index in [1.807, 2.05) is 0 Å². The second kappa shape index (κ2) is 3.95. The molecule has 0 heterocycles. The van der Waals surface area contributed by atoms with E-state index in [1.165, 1.54) is 6.08 Å². The summed E-state index contributed by atoms with van der Waals surface area (Å²) in [7, 11) is 0. The monoisotopic (exact) mass is 129 g/mol. The van der Waals surface area contributed by atoms with Crippen LogP contribution in [-0.4, -0.2) is 22.8 Å². The number of aldehydes is 1. The summed E-state index contributed by atoms with van der Waals surface area (Å²) in [6, 6.07) is 0. The SMILES string of the molecule is O=C/C=[CH]\[Ge]. The van der Waals surface area contributed by atoms with Crippen molar-refractivity contribution < 1.29 is 4.79 Å². The van der Waals surface area contributed by atoms with Gasteiger partial charge in [-0.1, -0.05) is 0 Å². The van der Waals surface area contributed by atoms with Crippen LogP contribution >= 0.6 is 0 Å². The normalized spacial score (nSPS) is 9.00. The molecule has 3 radical (unpaired) electrons. The molecule has 5 heavy (non-hydrogen) atoms. The fourth-order valence-electron chi connectivity index (χ4n) is 0.0393. The Morgan fingerprint density at radius 3 is 2.20 bits per heavy atom. The molecule has 0 spiro atoms. The van der Waals surface area contributed by atoms with Crippen molar-refractivity contribution in [3.63, 3.8) is 0 Å². The Hall–Kier alpha value is -0.0471. The van der Waals surface area contributed by atoms with E-state index in [0.717, 1.165) is 6.29 Å². The number of hydrogen-bond acceptors (Lipinski definition) is 1. The Balaban J connectivity index is 2.92. The summed E-state index contributed by atoms with van der Waals surface area (Å²) in [6.07, 6.45) is 2.19. The van der Waals surface area contributed by atoms with Crippen molar-refractivity contribution in [1.82, 2.24) is 0 Å². The predicted molar refractivity (Wildman–Crippen MR) is 21.0 cm³/mol. The standard InChI is InChI=1S/C3H3GeO/c4-2-1-3-5/h1-3H/b2-1-. The minimum absolute atomic E-state index is 0.750. The zero-order valence-electron chi connectivity index (χ0n) is 2.64. The number of carbonyl (C=O) groups is 1. The van der Waals surface area contributed by atoms with Gasteiger partial charge in [0.1, 0.15) is 0 Å². The molecule has 0 aromatic rings. The van der Waals surface area contributed by atoms with E-state index < -0.39 is 0 Å². The van der Waals surface area contributed by atoms with Gasteiger partial charge < -0.3 is 0 Å². The second-order valence-electron chi connectivity index (χ2n) is 0.495. The molecular weight excluding hydrogens is 125 g/mol. The van der Waals surface area contributed by atoms with Crippen molar-refractivity contribution in [2.45, 2.75) is 0 Å². The molecule has 0 atom stereocenters. The molecule has 0 saturated heterocycles. The van der Waals surface area contributed by atoms with Gasteiger partial charge in [0.2, 0.25) is 0 Å². The van der Waals surface area contributed by atoms with Gasteiger partial charge in [-0.25, -0.2) is 0 Å². The first-order valence-corrected chi connectivity index (χ1v) is 2.40. The van der Waals surface area contributed by atoms with Crippen LogP contribution in [0.1, 0.15) is 0 Å². The number of hydrogen-bond donors (Lipinski definition) is 0. The van der Waals surface area contributed by atoms with Crippen LogP contribution < -0.4 is 0 Å². The van der Waals surface area contributed by atoms with Crippen molar-refractivity contribution in [1.29, 1.82) is 0 Å². The maximum absolute atomic E-state index is 9.32. The molecule has 0 saturated carbocycles. The van der Waals surface area contributed by atoms with E-state index in [0.29, 0.717) is 0 Å². The predicted octanol–water partition coefficient (Wildman–Crippen LogP) is -0.133. The number of rotatable bonds is 1. The summed E-state index contributed by atoms with van der Waals surface area (Å²) in [4.78, 5) is 11.0. The van der Waals surface area contributed by atoms with E-state index in [4.69, 9.17) is 0 Å². The first-order valence-electron chi connectivity index (χ1n) is 1.19. The van der Waals surface area contributed by atoms with Gasteiger partial charge in [0.25, 0.3) is 0 Å². The summed E-state index contributed by atoms with van der Waals surface area (Å²) in [5, 5.41) is 0. The van der Waals surface area contributed by atoms with Crippen LogP contribution in [0.2, 0.25) is 0 Å². The summed E-state index contributed by atoms with van der Waals surface area (Å²) < 4.78 is 0. The molecule has 0 aliphatic carbocycles. The van der Waals surface area contributed by atoms with Crippen LogP contribution in [-0.2, 0) is 4.79 Å². The van der Waals surface area contributed by atoms with Crippen LogP contribution in [0.25, 0.3) is 0 Å². The quantitative estimate of drug-likeness (QED) is 0.273. The molecule has 0 aliphatic rings. The van der Waals surface area contributed by atoms with Gasteiger partial charge in [-0.15, -0.1) is 0 Å². The first-order chi connectivity index (χ1) is 2.41. The molecule has 0 bridgehead atoms. The van der Waals surface area contributed by atoms with Crippen LogP contribution in [0.4, 0.5) is 0 Å². The number of carbonyl (C=O) groups excluding carboxylic acids is 1. The van der Waals surface area contributed by atoms with Gasteiger partial charge in [-0.3, -0.25) is 0 Å². The summed E-state index contributed by atoms with van der Waals surface area (Å²) in [5.41, 5.74) is 0. The molecule has 2 heteroatoms. The molecule has 0 aliphatic heterocycles. The molecule has 0 aromatic carbocycles. The van der Waals surface area contributed by atoms with Gasteiger partial charge >= 0.3 is 38.6 Å². The van der Waals surface area contributed by atoms with Gasteiger partial charge in [0.05, 0.1) is 0 Å². The zero-order valence-corrected chi connectivity index (χ0v) is 4.74. The molecule has 0 N–H and O–H groups in total. The van der Waals surface area contributed by atoms with Gasteiger partial charge in [0.15, 0.2) is 0 Å². The molecule has 0 rings (SSSR count). The third-order valence-electron chi connectivity index (χ3n) is 0.175. The van der Waals surface area contributed by atoms with Crippen LogP contribution in [0.5, 0.6) is 0 Å². The summed E-state index contributed by atoms with van der Waals surface area (Å²) >= 11 is 1.80. The Morgan fingerprint density at radius 1 is 1.60 bits per heavy atom.